The molecule has 2 rings (SSSR count). The minimum absolute atomic E-state index is 0.0183. The van der Waals surface area contributed by atoms with Crippen molar-refractivity contribution >= 4 is 0 Å². The molecule has 0 unspecified atom stereocenters. The summed E-state index contributed by atoms with van der Waals surface area (Å²) in [5, 5.41) is 0. The molecule has 0 aliphatic heterocycles. The first-order valence-corrected chi connectivity index (χ1v) is 7.40. The predicted molar refractivity (Wildman–Crippen MR) is 81.7 cm³/mol. The molecule has 3 nitrogen and oxygen atoms in total. The molecule has 23 heavy (non-hydrogen) atoms. The zero-order valence-electron chi connectivity index (χ0n) is 12.7. The normalized spacial score (nSPS) is 10.4. The molecule has 122 valence electrons. The van der Waals surface area contributed by atoms with Gasteiger partial charge in [0.05, 0.1) is 0 Å². The summed E-state index contributed by atoms with van der Waals surface area (Å²) in [6, 6.07) is 4.05. The molecule has 0 radical (unpaired) electrons. The van der Waals surface area contributed by atoms with Gasteiger partial charge in [-0.1, -0.05) is 19.8 Å². The Labute approximate surface area is 132 Å². The number of ether oxygens (including phenoxy) is 1. The van der Waals surface area contributed by atoms with Crippen LogP contribution in [0.2, 0.25) is 0 Å². The summed E-state index contributed by atoms with van der Waals surface area (Å²) < 4.78 is 41.0. The largest absolute Gasteiger partial charge is 0.428 e. The van der Waals surface area contributed by atoms with Crippen LogP contribution < -0.4 is 4.74 Å². The number of hydrogen-bond acceptors (Lipinski definition) is 3. The second kappa shape index (κ2) is 8.31. The van der Waals surface area contributed by atoms with Crippen LogP contribution in [0.4, 0.5) is 13.2 Å². The molecule has 0 amide bonds. The number of unbranched alkanes of at least 4 members (excludes halogenated alkanes) is 2. The van der Waals surface area contributed by atoms with Crippen molar-refractivity contribution in [3.63, 3.8) is 0 Å². The van der Waals surface area contributed by atoms with Crippen molar-refractivity contribution in [1.82, 2.24) is 9.97 Å². The van der Waals surface area contributed by atoms with Gasteiger partial charge in [-0.15, -0.1) is 0 Å². The first-order chi connectivity index (χ1) is 11.1. The van der Waals surface area contributed by atoms with Gasteiger partial charge in [0, 0.05) is 18.0 Å². The third-order valence-electron chi connectivity index (χ3n) is 3.24. The van der Waals surface area contributed by atoms with E-state index in [2.05, 4.69) is 21.6 Å². The summed E-state index contributed by atoms with van der Waals surface area (Å²) in [5.41, 5.74) is 1.77. The maximum atomic E-state index is 12.7. The lowest BCUT2D eigenvalue weighted by molar-refractivity contribution is 0.241. The zero-order valence-corrected chi connectivity index (χ0v) is 12.7. The number of aromatic nitrogens is 2. The Balaban J connectivity index is 2.03. The maximum absolute atomic E-state index is 12.7. The van der Waals surface area contributed by atoms with Crippen molar-refractivity contribution in [2.24, 2.45) is 0 Å². The second-order valence-corrected chi connectivity index (χ2v) is 5.03. The Hall–Kier alpha value is -2.37. The van der Waals surface area contributed by atoms with E-state index in [-0.39, 0.29) is 5.75 Å². The van der Waals surface area contributed by atoms with Crippen molar-refractivity contribution in [1.29, 1.82) is 0 Å². The molecule has 0 fully saturated rings. The average molecular weight is 322 g/mol. The van der Waals surface area contributed by atoms with Crippen molar-refractivity contribution in [2.45, 2.75) is 32.6 Å². The fraction of sp³-hybridized carbons (Fsp3) is 0.294. The summed E-state index contributed by atoms with van der Waals surface area (Å²) in [6.07, 6.45) is 5.46. The summed E-state index contributed by atoms with van der Waals surface area (Å²) >= 11 is 0. The standard InChI is InChI=1S/C17H17F3N2O/c1-2-3-4-5-12-10-21-17(22-11-12)13-6-8-14(9-7-13)23-16(20)15(18)19/h6-11H,2-5H2,1H3. The van der Waals surface area contributed by atoms with Crippen LogP contribution in [0.1, 0.15) is 31.7 Å². The molecule has 0 atom stereocenters. The quantitative estimate of drug-likeness (QED) is 0.513. The lowest BCUT2D eigenvalue weighted by Crippen LogP contribution is -1.94. The van der Waals surface area contributed by atoms with E-state index in [1.807, 2.05) is 0 Å². The highest BCUT2D eigenvalue weighted by Crippen LogP contribution is 2.22. The molecule has 0 saturated heterocycles. The highest BCUT2D eigenvalue weighted by molar-refractivity contribution is 5.56. The smallest absolute Gasteiger partial charge is 0.344 e. The van der Waals surface area contributed by atoms with Gasteiger partial charge in [-0.2, -0.15) is 13.2 Å². The lowest BCUT2D eigenvalue weighted by atomic mass is 10.1. The number of aryl methyl sites for hydroxylation is 1. The van der Waals surface area contributed by atoms with Crippen molar-refractivity contribution in [3.05, 3.63) is 54.3 Å². The molecule has 2 aromatic rings. The van der Waals surface area contributed by atoms with E-state index in [1.54, 1.807) is 24.5 Å². The SMILES string of the molecule is CCCCCc1cnc(-c2ccc(OC(F)=C(F)F)cc2)nc1. The molecule has 1 aromatic carbocycles. The number of benzene rings is 1. The van der Waals surface area contributed by atoms with Gasteiger partial charge in [0.2, 0.25) is 0 Å². The highest BCUT2D eigenvalue weighted by Gasteiger charge is 2.08. The second-order valence-electron chi connectivity index (χ2n) is 5.03. The van der Waals surface area contributed by atoms with E-state index in [0.29, 0.717) is 11.4 Å². The third-order valence-corrected chi connectivity index (χ3v) is 3.24. The lowest BCUT2D eigenvalue weighted by Gasteiger charge is -2.05. The van der Waals surface area contributed by atoms with Gasteiger partial charge in [-0.25, -0.2) is 9.97 Å². The van der Waals surface area contributed by atoms with E-state index in [1.165, 1.54) is 18.6 Å². The van der Waals surface area contributed by atoms with E-state index < -0.39 is 12.1 Å². The summed E-state index contributed by atoms with van der Waals surface area (Å²) in [5.74, 6) is 0.499. The van der Waals surface area contributed by atoms with Crippen molar-refractivity contribution in [3.8, 4) is 17.1 Å². The Morgan fingerprint density at radius 3 is 2.22 bits per heavy atom. The molecule has 0 bridgehead atoms. The van der Waals surface area contributed by atoms with Gasteiger partial charge >= 0.3 is 12.1 Å². The third kappa shape index (κ3) is 5.09. The minimum atomic E-state index is -2.49. The molecule has 1 aromatic heterocycles. The Morgan fingerprint density at radius 2 is 1.65 bits per heavy atom. The molecule has 1 heterocycles. The number of nitrogens with zero attached hydrogens (tertiary/aromatic N) is 2. The molecule has 0 spiro atoms. The maximum Gasteiger partial charge on any atom is 0.344 e. The van der Waals surface area contributed by atoms with Crippen LogP contribution in [0.5, 0.6) is 5.75 Å². The van der Waals surface area contributed by atoms with E-state index in [9.17, 15) is 13.2 Å². The molecular weight excluding hydrogens is 305 g/mol. The van der Waals surface area contributed by atoms with Crippen LogP contribution in [0, 0.1) is 0 Å². The summed E-state index contributed by atoms with van der Waals surface area (Å²) in [6.45, 7) is 2.15. The van der Waals surface area contributed by atoms with Crippen LogP contribution in [-0.4, -0.2) is 9.97 Å². The van der Waals surface area contributed by atoms with Crippen LogP contribution in [0.3, 0.4) is 0 Å². The number of rotatable bonds is 7. The van der Waals surface area contributed by atoms with Gasteiger partial charge in [0.1, 0.15) is 5.75 Å². The first kappa shape index (κ1) is 17.0. The predicted octanol–water partition coefficient (Wildman–Crippen LogP) is 5.29. The van der Waals surface area contributed by atoms with Gasteiger partial charge in [0.15, 0.2) is 5.82 Å². The summed E-state index contributed by atoms with van der Waals surface area (Å²) in [7, 11) is 0. The molecule has 6 heteroatoms. The molecule has 0 saturated carbocycles. The Kier molecular flexibility index (Phi) is 6.14. The van der Waals surface area contributed by atoms with Gasteiger partial charge < -0.3 is 4.74 Å². The number of halogens is 3. The molecule has 0 aliphatic rings. The zero-order chi connectivity index (χ0) is 16.7. The van der Waals surface area contributed by atoms with Crippen LogP contribution >= 0.6 is 0 Å². The summed E-state index contributed by atoms with van der Waals surface area (Å²) in [4.78, 5) is 8.58. The first-order valence-electron chi connectivity index (χ1n) is 7.40. The van der Waals surface area contributed by atoms with Crippen molar-refractivity contribution in [2.75, 3.05) is 0 Å². The van der Waals surface area contributed by atoms with Gasteiger partial charge in [-0.3, -0.25) is 0 Å². The average Bonchev–Trinajstić information content (AvgIpc) is 2.56. The topological polar surface area (TPSA) is 35.0 Å². The highest BCUT2D eigenvalue weighted by atomic mass is 19.3. The number of hydrogen-bond donors (Lipinski definition) is 0. The van der Waals surface area contributed by atoms with Crippen LogP contribution in [0.15, 0.2) is 48.8 Å². The molecular formula is C17H17F3N2O. The van der Waals surface area contributed by atoms with Gasteiger partial charge in [-0.05, 0) is 42.7 Å². The minimum Gasteiger partial charge on any atom is -0.428 e. The fourth-order valence-corrected chi connectivity index (χ4v) is 2.03. The van der Waals surface area contributed by atoms with Gasteiger partial charge in [0.25, 0.3) is 0 Å². The monoisotopic (exact) mass is 322 g/mol. The fourth-order valence-electron chi connectivity index (χ4n) is 2.03. The van der Waals surface area contributed by atoms with E-state index in [0.717, 1.165) is 24.8 Å². The van der Waals surface area contributed by atoms with Crippen LogP contribution in [-0.2, 0) is 6.42 Å². The van der Waals surface area contributed by atoms with Crippen LogP contribution in [0.25, 0.3) is 11.4 Å². The molecule has 0 N–H and O–H groups in total. The molecule has 0 aliphatic carbocycles. The van der Waals surface area contributed by atoms with E-state index in [4.69, 9.17) is 0 Å². The Bertz CT molecular complexity index is 651. The Morgan fingerprint density at radius 1 is 1.00 bits per heavy atom. The van der Waals surface area contributed by atoms with E-state index >= 15 is 0 Å². The van der Waals surface area contributed by atoms with Crippen molar-refractivity contribution < 1.29 is 17.9 Å².